The van der Waals surface area contributed by atoms with Crippen LogP contribution in [0.4, 0.5) is 0 Å². The van der Waals surface area contributed by atoms with Crippen molar-refractivity contribution in [2.45, 2.75) is 30.2 Å². The number of nitrogens with one attached hydrogen (secondary N) is 1. The first-order valence-corrected chi connectivity index (χ1v) is 9.84. The number of benzene rings is 2. The van der Waals surface area contributed by atoms with Crippen molar-refractivity contribution < 1.29 is 13.2 Å². The summed E-state index contributed by atoms with van der Waals surface area (Å²) < 4.78 is 24.7. The Kier molecular flexibility index (Phi) is 4.92. The van der Waals surface area contributed by atoms with E-state index in [0.29, 0.717) is 5.02 Å². The molecule has 0 radical (unpaired) electrons. The van der Waals surface area contributed by atoms with E-state index in [9.17, 15) is 13.2 Å². The Morgan fingerprint density at radius 3 is 2.58 bits per heavy atom. The quantitative estimate of drug-likeness (QED) is 0.906. The first-order valence-electron chi connectivity index (χ1n) is 7.81. The molecule has 0 aromatic heterocycles. The summed E-state index contributed by atoms with van der Waals surface area (Å²) in [6.45, 7) is 0. The molecule has 2 aromatic rings. The number of sulfone groups is 1. The van der Waals surface area contributed by atoms with E-state index in [0.717, 1.165) is 24.8 Å². The van der Waals surface area contributed by atoms with Crippen LogP contribution in [0, 0.1) is 0 Å². The van der Waals surface area contributed by atoms with E-state index in [2.05, 4.69) is 11.4 Å². The second-order valence-corrected chi connectivity index (χ2v) is 8.35. The predicted molar refractivity (Wildman–Crippen MR) is 93.8 cm³/mol. The highest BCUT2D eigenvalue weighted by Gasteiger charge is 2.24. The maximum absolute atomic E-state index is 12.3. The average Bonchev–Trinajstić information content (AvgIpc) is 2.55. The lowest BCUT2D eigenvalue weighted by Crippen LogP contribution is -2.35. The van der Waals surface area contributed by atoms with Gasteiger partial charge in [0.1, 0.15) is 5.75 Å². The minimum atomic E-state index is -3.68. The van der Waals surface area contributed by atoms with Crippen molar-refractivity contribution in [1.29, 1.82) is 0 Å². The molecular formula is C18H18ClNO3S. The number of halogens is 1. The number of rotatable bonds is 4. The molecule has 0 saturated carbocycles. The van der Waals surface area contributed by atoms with Crippen LogP contribution < -0.4 is 5.32 Å². The van der Waals surface area contributed by atoms with Crippen LogP contribution in [0.3, 0.4) is 0 Å². The summed E-state index contributed by atoms with van der Waals surface area (Å²) >= 11 is 5.77. The number of fused-ring (bicyclic) bond motifs is 1. The van der Waals surface area contributed by atoms with Crippen LogP contribution in [0.5, 0.6) is 0 Å². The summed E-state index contributed by atoms with van der Waals surface area (Å²) in [5.41, 5.74) is 2.30. The maximum atomic E-state index is 12.3. The maximum Gasteiger partial charge on any atom is 0.236 e. The lowest BCUT2D eigenvalue weighted by atomic mass is 9.88. The van der Waals surface area contributed by atoms with Crippen LogP contribution in [0.1, 0.15) is 30.0 Å². The predicted octanol–water partition coefficient (Wildman–Crippen LogP) is 3.31. The van der Waals surface area contributed by atoms with Gasteiger partial charge in [-0.15, -0.1) is 0 Å². The highest BCUT2D eigenvalue weighted by Crippen LogP contribution is 2.29. The van der Waals surface area contributed by atoms with Crippen molar-refractivity contribution in [1.82, 2.24) is 5.32 Å². The van der Waals surface area contributed by atoms with E-state index >= 15 is 0 Å². The molecule has 0 spiro atoms. The van der Waals surface area contributed by atoms with Crippen molar-refractivity contribution in [3.8, 4) is 0 Å². The van der Waals surface area contributed by atoms with Crippen LogP contribution in [0.2, 0.25) is 5.02 Å². The van der Waals surface area contributed by atoms with Crippen LogP contribution in [-0.4, -0.2) is 20.1 Å². The molecule has 24 heavy (non-hydrogen) atoms. The van der Waals surface area contributed by atoms with Gasteiger partial charge < -0.3 is 5.32 Å². The van der Waals surface area contributed by atoms with E-state index in [4.69, 9.17) is 11.6 Å². The Bertz CT molecular complexity index is 847. The Labute approximate surface area is 146 Å². The second-order valence-electron chi connectivity index (χ2n) is 5.92. The summed E-state index contributed by atoms with van der Waals surface area (Å²) in [7, 11) is -3.68. The zero-order valence-corrected chi connectivity index (χ0v) is 14.6. The lowest BCUT2D eigenvalue weighted by Gasteiger charge is -2.26. The molecule has 0 bridgehead atoms. The van der Waals surface area contributed by atoms with Gasteiger partial charge in [-0.05, 0) is 54.7 Å². The number of carbonyl (C=O) groups is 1. The van der Waals surface area contributed by atoms with Gasteiger partial charge >= 0.3 is 0 Å². The fourth-order valence-corrected chi connectivity index (χ4v) is 4.31. The fourth-order valence-electron chi connectivity index (χ4n) is 3.04. The molecule has 0 saturated heterocycles. The van der Waals surface area contributed by atoms with Gasteiger partial charge in [-0.2, -0.15) is 0 Å². The van der Waals surface area contributed by atoms with Gasteiger partial charge in [0.25, 0.3) is 0 Å². The third-order valence-corrected chi connectivity index (χ3v) is 6.08. The Balaban J connectivity index is 1.71. The second kappa shape index (κ2) is 6.95. The molecule has 0 heterocycles. The molecule has 1 unspecified atom stereocenters. The largest absolute Gasteiger partial charge is 0.348 e. The van der Waals surface area contributed by atoms with Crippen molar-refractivity contribution in [3.63, 3.8) is 0 Å². The molecule has 2 aromatic carbocycles. The topological polar surface area (TPSA) is 63.2 Å². The van der Waals surface area contributed by atoms with Crippen molar-refractivity contribution >= 4 is 27.3 Å². The highest BCUT2D eigenvalue weighted by molar-refractivity contribution is 7.92. The average molecular weight is 364 g/mol. The van der Waals surface area contributed by atoms with Gasteiger partial charge in [0.15, 0.2) is 9.84 Å². The lowest BCUT2D eigenvalue weighted by molar-refractivity contribution is -0.119. The standard InChI is InChI=1S/C18H18ClNO3S/c19-14-8-10-15(11-9-14)24(22,23)12-18(21)20-17-7-3-5-13-4-1-2-6-16(13)17/h1-2,4,6,8-11,17H,3,5,7,12H2,(H,20,21). The number of carbonyl (C=O) groups excluding carboxylic acids is 1. The number of amides is 1. The number of hydrogen-bond donors (Lipinski definition) is 1. The van der Waals surface area contributed by atoms with Crippen molar-refractivity contribution in [2.24, 2.45) is 0 Å². The molecule has 3 rings (SSSR count). The zero-order chi connectivity index (χ0) is 17.2. The van der Waals surface area contributed by atoms with Crippen molar-refractivity contribution in [3.05, 3.63) is 64.7 Å². The molecule has 4 nitrogen and oxygen atoms in total. The van der Waals surface area contributed by atoms with Gasteiger partial charge in [-0.25, -0.2) is 8.42 Å². The Morgan fingerprint density at radius 1 is 1.12 bits per heavy atom. The fraction of sp³-hybridized carbons (Fsp3) is 0.278. The summed E-state index contributed by atoms with van der Waals surface area (Å²) in [5, 5.41) is 3.32. The molecule has 1 atom stereocenters. The first-order chi connectivity index (χ1) is 11.5. The van der Waals surface area contributed by atoms with Gasteiger partial charge in [-0.3, -0.25) is 4.79 Å². The number of aryl methyl sites for hydroxylation is 1. The molecule has 0 aliphatic heterocycles. The summed E-state index contributed by atoms with van der Waals surface area (Å²) in [5.74, 6) is -1.04. The third kappa shape index (κ3) is 3.79. The summed E-state index contributed by atoms with van der Waals surface area (Å²) in [4.78, 5) is 12.4. The van der Waals surface area contributed by atoms with Gasteiger partial charge in [0, 0.05) is 5.02 Å². The minimum absolute atomic E-state index is 0.103. The smallest absolute Gasteiger partial charge is 0.236 e. The van der Waals surface area contributed by atoms with Crippen LogP contribution in [0.15, 0.2) is 53.4 Å². The van der Waals surface area contributed by atoms with E-state index in [1.807, 2.05) is 18.2 Å². The van der Waals surface area contributed by atoms with E-state index in [1.165, 1.54) is 29.8 Å². The minimum Gasteiger partial charge on any atom is -0.348 e. The van der Waals surface area contributed by atoms with Gasteiger partial charge in [-0.1, -0.05) is 35.9 Å². The molecule has 126 valence electrons. The van der Waals surface area contributed by atoms with Crippen LogP contribution in [0.25, 0.3) is 0 Å². The zero-order valence-electron chi connectivity index (χ0n) is 13.0. The molecule has 1 aliphatic carbocycles. The van der Waals surface area contributed by atoms with E-state index < -0.39 is 21.5 Å². The normalized spacial score (nSPS) is 17.1. The summed E-state index contributed by atoms with van der Waals surface area (Å²) in [6, 6.07) is 13.7. The van der Waals surface area contributed by atoms with Gasteiger partial charge in [0.05, 0.1) is 10.9 Å². The molecule has 1 amide bonds. The van der Waals surface area contributed by atoms with Crippen LogP contribution in [-0.2, 0) is 21.1 Å². The third-order valence-electron chi connectivity index (χ3n) is 4.20. The molecule has 1 aliphatic rings. The van der Waals surface area contributed by atoms with E-state index in [-0.39, 0.29) is 10.9 Å². The molecule has 1 N–H and O–H groups in total. The molecular weight excluding hydrogens is 346 g/mol. The summed E-state index contributed by atoms with van der Waals surface area (Å²) in [6.07, 6.45) is 2.79. The monoisotopic (exact) mass is 363 g/mol. The van der Waals surface area contributed by atoms with Crippen LogP contribution >= 0.6 is 11.6 Å². The first kappa shape index (κ1) is 17.0. The number of hydrogen-bond acceptors (Lipinski definition) is 3. The SMILES string of the molecule is O=C(CS(=O)(=O)c1ccc(Cl)cc1)NC1CCCc2ccccc21. The van der Waals surface area contributed by atoms with Gasteiger partial charge in [0.2, 0.25) is 5.91 Å². The highest BCUT2D eigenvalue weighted by atomic mass is 35.5. The molecule has 0 fully saturated rings. The Hall–Kier alpha value is -1.85. The Morgan fingerprint density at radius 2 is 1.83 bits per heavy atom. The molecule has 6 heteroatoms. The van der Waals surface area contributed by atoms with E-state index in [1.54, 1.807) is 0 Å². The van der Waals surface area contributed by atoms with Crippen molar-refractivity contribution in [2.75, 3.05) is 5.75 Å².